The number of hydrogen-bond donors (Lipinski definition) is 1. The van der Waals surface area contributed by atoms with Crippen molar-refractivity contribution >= 4 is 52.1 Å². The van der Waals surface area contributed by atoms with Crippen molar-refractivity contribution in [3.05, 3.63) is 50.6 Å². The lowest BCUT2D eigenvalue weighted by molar-refractivity contribution is -0.123. The molecule has 0 unspecified atom stereocenters. The molecule has 0 radical (unpaired) electrons. The molecule has 2 rings (SSSR count). The van der Waals surface area contributed by atoms with Crippen molar-refractivity contribution in [1.29, 1.82) is 0 Å². The molecule has 1 N–H and O–H groups in total. The Morgan fingerprint density at radius 2 is 2.05 bits per heavy atom. The van der Waals surface area contributed by atoms with Crippen LogP contribution in [0.1, 0.15) is 16.6 Å². The topological polar surface area (TPSA) is 55.4 Å². The molecule has 1 aromatic heterocycles. The van der Waals surface area contributed by atoms with Gasteiger partial charge < -0.3 is 10.1 Å². The van der Waals surface area contributed by atoms with Crippen molar-refractivity contribution < 1.29 is 14.3 Å². The van der Waals surface area contributed by atoms with Crippen LogP contribution in [0, 0.1) is 0 Å². The van der Waals surface area contributed by atoms with Gasteiger partial charge in [-0.2, -0.15) is 0 Å². The maximum atomic E-state index is 12.0. The number of nitrogens with one attached hydrogen (secondary N) is 1. The SMILES string of the molecule is C[C@H](OC(=O)c1cccs1)C(=O)Nc1ccc(Cl)cc1Cl. The fourth-order valence-electron chi connectivity index (χ4n) is 1.49. The van der Waals surface area contributed by atoms with Crippen LogP contribution in [0.15, 0.2) is 35.7 Å². The van der Waals surface area contributed by atoms with Gasteiger partial charge in [-0.15, -0.1) is 11.3 Å². The number of carbonyl (C=O) groups is 2. The smallest absolute Gasteiger partial charge is 0.349 e. The van der Waals surface area contributed by atoms with E-state index >= 15 is 0 Å². The Labute approximate surface area is 135 Å². The van der Waals surface area contributed by atoms with Crippen LogP contribution in [0.5, 0.6) is 0 Å². The molecule has 0 saturated carbocycles. The summed E-state index contributed by atoms with van der Waals surface area (Å²) in [4.78, 5) is 24.2. The molecule has 1 atom stereocenters. The van der Waals surface area contributed by atoms with E-state index in [1.54, 1.807) is 29.6 Å². The highest BCUT2D eigenvalue weighted by atomic mass is 35.5. The van der Waals surface area contributed by atoms with Gasteiger partial charge in [-0.3, -0.25) is 4.79 Å². The molecular weight excluding hydrogens is 333 g/mol. The lowest BCUT2D eigenvalue weighted by atomic mass is 10.3. The zero-order valence-corrected chi connectivity index (χ0v) is 13.3. The highest BCUT2D eigenvalue weighted by Crippen LogP contribution is 2.25. The summed E-state index contributed by atoms with van der Waals surface area (Å²) in [6, 6.07) is 8.07. The van der Waals surface area contributed by atoms with E-state index in [9.17, 15) is 9.59 Å². The lowest BCUT2D eigenvalue weighted by Crippen LogP contribution is -2.29. The molecule has 0 aliphatic heterocycles. The van der Waals surface area contributed by atoms with Crippen LogP contribution in [0.2, 0.25) is 10.0 Å². The summed E-state index contributed by atoms with van der Waals surface area (Å²) in [6.45, 7) is 1.49. The second-order valence-electron chi connectivity index (χ2n) is 4.14. The minimum Gasteiger partial charge on any atom is -0.448 e. The number of halogens is 2. The van der Waals surface area contributed by atoms with Crippen LogP contribution in [0.4, 0.5) is 5.69 Å². The third kappa shape index (κ3) is 4.20. The minimum atomic E-state index is -0.939. The molecule has 0 saturated heterocycles. The summed E-state index contributed by atoms with van der Waals surface area (Å²) < 4.78 is 5.08. The van der Waals surface area contributed by atoms with E-state index in [1.807, 2.05) is 0 Å². The van der Waals surface area contributed by atoms with Crippen LogP contribution in [0.25, 0.3) is 0 Å². The van der Waals surface area contributed by atoms with Gasteiger partial charge in [-0.05, 0) is 36.6 Å². The maximum Gasteiger partial charge on any atom is 0.349 e. The average Bonchev–Trinajstić information content (AvgIpc) is 2.95. The molecule has 2 aromatic rings. The fraction of sp³-hybridized carbons (Fsp3) is 0.143. The molecule has 0 bridgehead atoms. The molecule has 1 amide bonds. The van der Waals surface area contributed by atoms with Crippen LogP contribution >= 0.6 is 34.5 Å². The number of amides is 1. The highest BCUT2D eigenvalue weighted by molar-refractivity contribution is 7.11. The van der Waals surface area contributed by atoms with Gasteiger partial charge in [-0.1, -0.05) is 29.3 Å². The van der Waals surface area contributed by atoms with Gasteiger partial charge in [0.15, 0.2) is 6.10 Å². The number of hydrogen-bond acceptors (Lipinski definition) is 4. The molecule has 1 heterocycles. The standard InChI is InChI=1S/C14H11Cl2NO3S/c1-8(20-14(19)12-3-2-6-21-12)13(18)17-11-5-4-9(15)7-10(11)16/h2-8H,1H3,(H,17,18)/t8-/m0/s1. The van der Waals surface area contributed by atoms with Crippen molar-refractivity contribution in [3.8, 4) is 0 Å². The Morgan fingerprint density at radius 3 is 2.67 bits per heavy atom. The largest absolute Gasteiger partial charge is 0.448 e. The molecule has 110 valence electrons. The number of carbonyl (C=O) groups excluding carboxylic acids is 2. The summed E-state index contributed by atoms with van der Waals surface area (Å²) >= 11 is 13.0. The first-order valence-electron chi connectivity index (χ1n) is 5.98. The van der Waals surface area contributed by atoms with Crippen LogP contribution < -0.4 is 5.32 Å². The molecule has 0 aliphatic carbocycles. The molecule has 7 heteroatoms. The predicted molar refractivity (Wildman–Crippen MR) is 84.3 cm³/mol. The molecule has 0 fully saturated rings. The Balaban J connectivity index is 1.98. The number of thiophene rings is 1. The monoisotopic (exact) mass is 343 g/mol. The first-order valence-corrected chi connectivity index (χ1v) is 7.61. The molecule has 21 heavy (non-hydrogen) atoms. The fourth-order valence-corrected chi connectivity index (χ4v) is 2.55. The molecule has 1 aromatic carbocycles. The van der Waals surface area contributed by atoms with Gasteiger partial charge in [-0.25, -0.2) is 4.79 Å². The number of rotatable bonds is 4. The summed E-state index contributed by atoms with van der Waals surface area (Å²) in [5.41, 5.74) is 0.407. The second kappa shape index (κ2) is 6.93. The molecule has 4 nitrogen and oxygen atoms in total. The quantitative estimate of drug-likeness (QED) is 0.844. The van der Waals surface area contributed by atoms with Gasteiger partial charge in [0.25, 0.3) is 5.91 Å². The van der Waals surface area contributed by atoms with Crippen LogP contribution in [-0.2, 0) is 9.53 Å². The van der Waals surface area contributed by atoms with Gasteiger partial charge in [0, 0.05) is 5.02 Å². The summed E-state index contributed by atoms with van der Waals surface area (Å²) in [5, 5.41) is 5.12. The summed E-state index contributed by atoms with van der Waals surface area (Å²) in [7, 11) is 0. The van der Waals surface area contributed by atoms with E-state index in [0.717, 1.165) is 0 Å². The van der Waals surface area contributed by atoms with E-state index in [4.69, 9.17) is 27.9 Å². The van der Waals surface area contributed by atoms with E-state index in [1.165, 1.54) is 24.3 Å². The van der Waals surface area contributed by atoms with E-state index in [2.05, 4.69) is 5.32 Å². The van der Waals surface area contributed by atoms with Crippen LogP contribution in [-0.4, -0.2) is 18.0 Å². The summed E-state index contributed by atoms with van der Waals surface area (Å²) in [6.07, 6.45) is -0.939. The Hall–Kier alpha value is -1.56. The second-order valence-corrected chi connectivity index (χ2v) is 5.93. The van der Waals surface area contributed by atoms with Crippen molar-refractivity contribution in [3.63, 3.8) is 0 Å². The molecule has 0 aliphatic rings. The molecular formula is C14H11Cl2NO3S. The zero-order chi connectivity index (χ0) is 15.4. The Bertz CT molecular complexity index is 658. The van der Waals surface area contributed by atoms with Gasteiger partial charge in [0.1, 0.15) is 4.88 Å². The van der Waals surface area contributed by atoms with Crippen LogP contribution in [0.3, 0.4) is 0 Å². The van der Waals surface area contributed by atoms with Crippen molar-refractivity contribution in [1.82, 2.24) is 0 Å². The van der Waals surface area contributed by atoms with Crippen molar-refractivity contribution in [2.24, 2.45) is 0 Å². The normalized spacial score (nSPS) is 11.8. The van der Waals surface area contributed by atoms with E-state index < -0.39 is 18.0 Å². The number of esters is 1. The third-order valence-corrected chi connectivity index (χ3v) is 3.96. The first kappa shape index (κ1) is 15.8. The van der Waals surface area contributed by atoms with Crippen molar-refractivity contribution in [2.75, 3.05) is 5.32 Å². The van der Waals surface area contributed by atoms with E-state index in [0.29, 0.717) is 20.6 Å². The highest BCUT2D eigenvalue weighted by Gasteiger charge is 2.20. The maximum absolute atomic E-state index is 12.0. The summed E-state index contributed by atoms with van der Waals surface area (Å²) in [5.74, 6) is -1.00. The number of ether oxygens (including phenoxy) is 1. The third-order valence-electron chi connectivity index (χ3n) is 2.56. The predicted octanol–water partition coefficient (Wildman–Crippen LogP) is 4.24. The van der Waals surface area contributed by atoms with E-state index in [-0.39, 0.29) is 0 Å². The number of anilines is 1. The minimum absolute atomic E-state index is 0.313. The van der Waals surface area contributed by atoms with Crippen molar-refractivity contribution in [2.45, 2.75) is 13.0 Å². The lowest BCUT2D eigenvalue weighted by Gasteiger charge is -2.13. The van der Waals surface area contributed by atoms with Gasteiger partial charge in [0.05, 0.1) is 10.7 Å². The van der Waals surface area contributed by atoms with Gasteiger partial charge in [0.2, 0.25) is 0 Å². The zero-order valence-electron chi connectivity index (χ0n) is 10.9. The first-order chi connectivity index (χ1) is 9.97. The Morgan fingerprint density at radius 1 is 1.29 bits per heavy atom. The number of benzene rings is 1. The van der Waals surface area contributed by atoms with Gasteiger partial charge >= 0.3 is 5.97 Å². The average molecular weight is 344 g/mol. The molecule has 0 spiro atoms. The Kier molecular flexibility index (Phi) is 5.22.